The van der Waals surface area contributed by atoms with Crippen molar-refractivity contribution in [2.24, 2.45) is 0 Å². The summed E-state index contributed by atoms with van der Waals surface area (Å²) >= 11 is 0. The lowest BCUT2D eigenvalue weighted by Gasteiger charge is -2.21. The highest BCUT2D eigenvalue weighted by molar-refractivity contribution is 5.94. The van der Waals surface area contributed by atoms with E-state index in [1.807, 2.05) is 0 Å². The minimum absolute atomic E-state index is 0.378. The lowest BCUT2D eigenvalue weighted by molar-refractivity contribution is 0.0844. The maximum absolute atomic E-state index is 13.5. The van der Waals surface area contributed by atoms with Gasteiger partial charge in [-0.2, -0.15) is 0 Å². The molecular weight excluding hydrogens is 295 g/mol. The quantitative estimate of drug-likeness (QED) is 0.912. The van der Waals surface area contributed by atoms with Gasteiger partial charge < -0.3 is 10.4 Å². The van der Waals surface area contributed by atoms with Gasteiger partial charge in [-0.1, -0.05) is 18.2 Å². The van der Waals surface area contributed by atoms with Gasteiger partial charge >= 0.3 is 0 Å². The van der Waals surface area contributed by atoms with E-state index >= 15 is 0 Å². The average molecular weight is 309 g/mol. The predicted octanol–water partition coefficient (Wildman–Crippen LogP) is 2.96. The molecular formula is C16H14F3NO2. The summed E-state index contributed by atoms with van der Waals surface area (Å²) in [6.07, 6.45) is -1.14. The number of benzene rings is 2. The molecule has 0 radical (unpaired) electrons. The molecule has 0 aliphatic heterocycles. The van der Waals surface area contributed by atoms with Crippen LogP contribution < -0.4 is 5.32 Å². The number of carbonyl (C=O) groups excluding carboxylic acids is 1. The number of nitrogens with one attached hydrogen (secondary N) is 1. The molecule has 0 fully saturated rings. The van der Waals surface area contributed by atoms with Gasteiger partial charge in [0.05, 0.1) is 12.1 Å². The van der Waals surface area contributed by atoms with Gasteiger partial charge in [0.1, 0.15) is 23.0 Å². The Kier molecular flexibility index (Phi) is 4.82. The van der Waals surface area contributed by atoms with Crippen LogP contribution >= 0.6 is 0 Å². The molecule has 0 aliphatic carbocycles. The van der Waals surface area contributed by atoms with Crippen LogP contribution in [0.25, 0.3) is 0 Å². The smallest absolute Gasteiger partial charge is 0.257 e. The molecule has 22 heavy (non-hydrogen) atoms. The topological polar surface area (TPSA) is 49.3 Å². The lowest BCUT2D eigenvalue weighted by Crippen LogP contribution is -2.37. The van der Waals surface area contributed by atoms with Gasteiger partial charge in [0.2, 0.25) is 0 Å². The van der Waals surface area contributed by atoms with Crippen molar-refractivity contribution < 1.29 is 23.1 Å². The molecule has 6 heteroatoms. The molecule has 2 rings (SSSR count). The Morgan fingerprint density at radius 3 is 2.14 bits per heavy atom. The molecule has 3 nitrogen and oxygen atoms in total. The van der Waals surface area contributed by atoms with E-state index in [1.54, 1.807) is 0 Å². The zero-order valence-electron chi connectivity index (χ0n) is 11.7. The van der Waals surface area contributed by atoms with Gasteiger partial charge in [0.25, 0.3) is 5.91 Å². The van der Waals surface area contributed by atoms with Crippen molar-refractivity contribution in [2.45, 2.75) is 19.1 Å². The number of aliphatic hydroxyl groups excluding tert-OH is 1. The van der Waals surface area contributed by atoms with E-state index in [0.29, 0.717) is 5.56 Å². The molecule has 0 bridgehead atoms. The largest absolute Gasteiger partial charge is 0.386 e. The number of hydrogen-bond acceptors (Lipinski definition) is 2. The normalized spacial score (nSPS) is 13.5. The Labute approximate surface area is 125 Å². The SMILES string of the molecule is CC(NC(=O)c1c(F)cccc1F)C(O)c1ccc(F)cc1. The van der Waals surface area contributed by atoms with Gasteiger partial charge in [0.15, 0.2) is 0 Å². The fourth-order valence-electron chi connectivity index (χ4n) is 2.02. The summed E-state index contributed by atoms with van der Waals surface area (Å²) in [6, 6.07) is 7.35. The molecule has 116 valence electrons. The molecule has 2 atom stereocenters. The number of rotatable bonds is 4. The fourth-order valence-corrected chi connectivity index (χ4v) is 2.02. The molecule has 0 saturated carbocycles. The number of carbonyl (C=O) groups is 1. The summed E-state index contributed by atoms with van der Waals surface area (Å²) in [5, 5.41) is 12.4. The van der Waals surface area contributed by atoms with Gasteiger partial charge in [-0.15, -0.1) is 0 Å². The van der Waals surface area contributed by atoms with E-state index in [4.69, 9.17) is 0 Å². The number of hydrogen-bond donors (Lipinski definition) is 2. The predicted molar refractivity (Wildman–Crippen MR) is 74.6 cm³/mol. The zero-order chi connectivity index (χ0) is 16.3. The summed E-state index contributed by atoms with van der Waals surface area (Å²) in [7, 11) is 0. The highest BCUT2D eigenvalue weighted by Crippen LogP contribution is 2.18. The summed E-state index contributed by atoms with van der Waals surface area (Å²) in [5.74, 6) is -3.40. The van der Waals surface area contributed by atoms with E-state index in [0.717, 1.165) is 18.2 Å². The van der Waals surface area contributed by atoms with Crippen LogP contribution in [0.1, 0.15) is 28.9 Å². The maximum Gasteiger partial charge on any atom is 0.257 e. The molecule has 2 N–H and O–H groups in total. The van der Waals surface area contributed by atoms with Crippen molar-refractivity contribution >= 4 is 5.91 Å². The van der Waals surface area contributed by atoms with Crippen molar-refractivity contribution in [3.63, 3.8) is 0 Å². The van der Waals surface area contributed by atoms with E-state index in [-0.39, 0.29) is 0 Å². The Morgan fingerprint density at radius 1 is 1.05 bits per heavy atom. The second-order valence-corrected chi connectivity index (χ2v) is 4.86. The third kappa shape index (κ3) is 3.46. The van der Waals surface area contributed by atoms with Crippen LogP contribution in [0.3, 0.4) is 0 Å². The minimum atomic E-state index is -1.14. The third-order valence-electron chi connectivity index (χ3n) is 3.23. The fraction of sp³-hybridized carbons (Fsp3) is 0.188. The number of aliphatic hydroxyl groups is 1. The third-order valence-corrected chi connectivity index (χ3v) is 3.23. The maximum atomic E-state index is 13.5. The van der Waals surface area contributed by atoms with Crippen LogP contribution in [0.4, 0.5) is 13.2 Å². The Bertz CT molecular complexity index is 653. The first-order valence-electron chi connectivity index (χ1n) is 6.58. The monoisotopic (exact) mass is 309 g/mol. The lowest BCUT2D eigenvalue weighted by atomic mass is 10.0. The van der Waals surface area contributed by atoms with Crippen LogP contribution in [-0.2, 0) is 0 Å². The molecule has 0 aromatic heterocycles. The van der Waals surface area contributed by atoms with Crippen LogP contribution in [-0.4, -0.2) is 17.1 Å². The van der Waals surface area contributed by atoms with Crippen LogP contribution in [0.5, 0.6) is 0 Å². The average Bonchev–Trinajstić information content (AvgIpc) is 2.47. The Hall–Kier alpha value is -2.34. The summed E-state index contributed by atoms with van der Waals surface area (Å²) in [6.45, 7) is 1.48. The van der Waals surface area contributed by atoms with Crippen molar-refractivity contribution in [2.75, 3.05) is 0 Å². The Morgan fingerprint density at radius 2 is 1.59 bits per heavy atom. The molecule has 2 aromatic rings. The first kappa shape index (κ1) is 16.0. The second-order valence-electron chi connectivity index (χ2n) is 4.86. The number of amides is 1. The van der Waals surface area contributed by atoms with Crippen molar-refractivity contribution in [1.29, 1.82) is 0 Å². The summed E-state index contributed by atoms with van der Waals surface area (Å²) < 4.78 is 39.9. The first-order chi connectivity index (χ1) is 10.4. The molecule has 0 saturated heterocycles. The van der Waals surface area contributed by atoms with E-state index < -0.39 is 41.1 Å². The van der Waals surface area contributed by atoms with Gasteiger partial charge in [-0.25, -0.2) is 13.2 Å². The van der Waals surface area contributed by atoms with E-state index in [2.05, 4.69) is 5.32 Å². The van der Waals surface area contributed by atoms with Crippen LogP contribution in [0.2, 0.25) is 0 Å². The summed E-state index contributed by atoms with van der Waals surface area (Å²) in [5.41, 5.74) is -0.330. The van der Waals surface area contributed by atoms with Crippen LogP contribution in [0.15, 0.2) is 42.5 Å². The number of halogens is 3. The van der Waals surface area contributed by atoms with Crippen molar-refractivity contribution in [3.8, 4) is 0 Å². The highest BCUT2D eigenvalue weighted by Gasteiger charge is 2.23. The Balaban J connectivity index is 2.12. The van der Waals surface area contributed by atoms with E-state index in [1.165, 1.54) is 31.2 Å². The van der Waals surface area contributed by atoms with Gasteiger partial charge in [-0.05, 0) is 36.8 Å². The highest BCUT2D eigenvalue weighted by atomic mass is 19.1. The minimum Gasteiger partial charge on any atom is -0.386 e. The van der Waals surface area contributed by atoms with Gasteiger partial charge in [-0.3, -0.25) is 4.79 Å². The molecule has 2 unspecified atom stereocenters. The van der Waals surface area contributed by atoms with Crippen LogP contribution in [0, 0.1) is 17.5 Å². The summed E-state index contributed by atoms with van der Waals surface area (Å²) in [4.78, 5) is 11.9. The first-order valence-corrected chi connectivity index (χ1v) is 6.58. The molecule has 0 heterocycles. The standard InChI is InChI=1S/C16H14F3NO2/c1-9(15(21)10-5-7-11(17)8-6-10)20-16(22)14-12(18)3-2-4-13(14)19/h2-9,15,21H,1H3,(H,20,22). The molecule has 2 aromatic carbocycles. The van der Waals surface area contributed by atoms with Gasteiger partial charge in [0, 0.05) is 0 Å². The molecule has 0 spiro atoms. The zero-order valence-corrected chi connectivity index (χ0v) is 11.7. The molecule has 1 amide bonds. The second kappa shape index (κ2) is 6.62. The van der Waals surface area contributed by atoms with E-state index in [9.17, 15) is 23.1 Å². The van der Waals surface area contributed by atoms with Crippen molar-refractivity contribution in [1.82, 2.24) is 5.32 Å². The van der Waals surface area contributed by atoms with Crippen molar-refractivity contribution in [3.05, 3.63) is 71.0 Å². The molecule has 0 aliphatic rings.